The van der Waals surface area contributed by atoms with Crippen molar-refractivity contribution in [2.75, 3.05) is 6.61 Å². The normalized spacial score (nSPS) is 14.8. The maximum atomic E-state index is 10.5. The molecule has 1 atom stereocenters. The van der Waals surface area contributed by atoms with Gasteiger partial charge in [-0.1, -0.05) is 37.3 Å². The van der Waals surface area contributed by atoms with E-state index in [1.807, 2.05) is 24.3 Å². The Hall–Kier alpha value is -1.80. The van der Waals surface area contributed by atoms with E-state index < -0.39 is 6.10 Å². The van der Waals surface area contributed by atoms with Crippen LogP contribution >= 0.6 is 0 Å². The maximum absolute atomic E-state index is 10.5. The van der Waals surface area contributed by atoms with E-state index in [1.54, 1.807) is 0 Å². The molecule has 0 radical (unpaired) electrons. The van der Waals surface area contributed by atoms with Crippen LogP contribution < -0.4 is 4.74 Å². The quantitative estimate of drug-likeness (QED) is 0.911. The number of rotatable bonds is 3. The summed E-state index contributed by atoms with van der Waals surface area (Å²) in [7, 11) is 0. The van der Waals surface area contributed by atoms with Gasteiger partial charge in [-0.05, 0) is 40.8 Å². The van der Waals surface area contributed by atoms with Crippen molar-refractivity contribution in [2.24, 2.45) is 0 Å². The summed E-state index contributed by atoms with van der Waals surface area (Å²) in [5.74, 6) is 0.957. The third kappa shape index (κ3) is 2.36. The van der Waals surface area contributed by atoms with E-state index >= 15 is 0 Å². The molecule has 3 rings (SSSR count). The van der Waals surface area contributed by atoms with Gasteiger partial charge in [0, 0.05) is 6.42 Å². The Kier molecular flexibility index (Phi) is 3.26. The number of fused-ring (bicyclic) bond motifs is 1. The van der Waals surface area contributed by atoms with Gasteiger partial charge >= 0.3 is 0 Å². The van der Waals surface area contributed by atoms with Crippen LogP contribution in [-0.4, -0.2) is 11.7 Å². The minimum absolute atomic E-state index is 0.558. The van der Waals surface area contributed by atoms with Crippen molar-refractivity contribution in [3.05, 3.63) is 64.7 Å². The Bertz CT molecular complexity index is 590. The van der Waals surface area contributed by atoms with Crippen molar-refractivity contribution < 1.29 is 9.84 Å². The van der Waals surface area contributed by atoms with Gasteiger partial charge < -0.3 is 9.84 Å². The highest BCUT2D eigenvalue weighted by molar-refractivity contribution is 5.43. The Labute approximate surface area is 113 Å². The fourth-order valence-electron chi connectivity index (χ4n) is 2.55. The van der Waals surface area contributed by atoms with Gasteiger partial charge in [-0.3, -0.25) is 0 Å². The molecule has 2 heteroatoms. The van der Waals surface area contributed by atoms with Crippen molar-refractivity contribution in [3.8, 4) is 5.75 Å². The third-order valence-electron chi connectivity index (χ3n) is 3.70. The SMILES string of the molecule is CCc1cccc(C(O)c2ccc3c(c2)CCO3)c1. The van der Waals surface area contributed by atoms with Crippen molar-refractivity contribution in [1.29, 1.82) is 0 Å². The highest BCUT2D eigenvalue weighted by Crippen LogP contribution is 2.30. The molecule has 0 aromatic heterocycles. The summed E-state index contributed by atoms with van der Waals surface area (Å²) in [5.41, 5.74) is 4.35. The topological polar surface area (TPSA) is 29.5 Å². The molecule has 19 heavy (non-hydrogen) atoms. The predicted molar refractivity (Wildman–Crippen MR) is 75.5 cm³/mol. The van der Waals surface area contributed by atoms with Gasteiger partial charge in [-0.2, -0.15) is 0 Å². The predicted octanol–water partition coefficient (Wildman–Crippen LogP) is 3.27. The lowest BCUT2D eigenvalue weighted by atomic mass is 9.97. The molecule has 0 aliphatic carbocycles. The molecule has 0 saturated heterocycles. The van der Waals surface area contributed by atoms with E-state index in [-0.39, 0.29) is 0 Å². The summed E-state index contributed by atoms with van der Waals surface area (Å²) < 4.78 is 5.49. The fraction of sp³-hybridized carbons (Fsp3) is 0.294. The number of hydrogen-bond acceptors (Lipinski definition) is 2. The number of benzene rings is 2. The second-order valence-electron chi connectivity index (χ2n) is 4.97. The van der Waals surface area contributed by atoms with Gasteiger partial charge in [0.1, 0.15) is 11.9 Å². The summed E-state index contributed by atoms with van der Waals surface area (Å²) >= 11 is 0. The van der Waals surface area contributed by atoms with Crippen LogP contribution in [0.2, 0.25) is 0 Å². The standard InChI is InChI=1S/C17H18O2/c1-2-12-4-3-5-14(10-12)17(18)15-6-7-16-13(11-15)8-9-19-16/h3-7,10-11,17-18H,2,8-9H2,1H3. The number of hydrogen-bond donors (Lipinski definition) is 1. The van der Waals surface area contributed by atoms with Gasteiger partial charge in [0.25, 0.3) is 0 Å². The molecule has 2 nitrogen and oxygen atoms in total. The lowest BCUT2D eigenvalue weighted by Gasteiger charge is -2.13. The maximum Gasteiger partial charge on any atom is 0.122 e. The van der Waals surface area contributed by atoms with E-state index in [1.165, 1.54) is 11.1 Å². The molecule has 0 saturated carbocycles. The zero-order chi connectivity index (χ0) is 13.2. The summed E-state index contributed by atoms with van der Waals surface area (Å²) in [6, 6.07) is 14.1. The van der Waals surface area contributed by atoms with Gasteiger partial charge in [0.05, 0.1) is 6.61 Å². The monoisotopic (exact) mass is 254 g/mol. The average Bonchev–Trinajstić information content (AvgIpc) is 2.94. The van der Waals surface area contributed by atoms with E-state index in [9.17, 15) is 5.11 Å². The van der Waals surface area contributed by atoms with E-state index in [4.69, 9.17) is 4.74 Å². The number of aliphatic hydroxyl groups excluding tert-OH is 1. The van der Waals surface area contributed by atoms with Crippen LogP contribution in [0, 0.1) is 0 Å². The summed E-state index contributed by atoms with van der Waals surface area (Å²) in [4.78, 5) is 0. The van der Waals surface area contributed by atoms with Crippen LogP contribution in [0.5, 0.6) is 5.75 Å². The molecule has 0 amide bonds. The second-order valence-corrected chi connectivity index (χ2v) is 4.97. The molecule has 1 heterocycles. The molecule has 1 aliphatic heterocycles. The van der Waals surface area contributed by atoms with Crippen LogP contribution in [0.3, 0.4) is 0 Å². The van der Waals surface area contributed by atoms with Crippen LogP contribution in [0.15, 0.2) is 42.5 Å². The zero-order valence-corrected chi connectivity index (χ0v) is 11.1. The van der Waals surface area contributed by atoms with E-state index in [0.29, 0.717) is 0 Å². The number of ether oxygens (including phenoxy) is 1. The first-order chi connectivity index (χ1) is 9.28. The first kappa shape index (κ1) is 12.2. The molecule has 0 spiro atoms. The first-order valence-electron chi connectivity index (χ1n) is 6.80. The Balaban J connectivity index is 1.92. The Morgan fingerprint density at radius 3 is 2.84 bits per heavy atom. The molecular weight excluding hydrogens is 236 g/mol. The van der Waals surface area contributed by atoms with Crippen molar-refractivity contribution in [3.63, 3.8) is 0 Å². The molecule has 1 aliphatic rings. The molecule has 98 valence electrons. The molecular formula is C17H18O2. The first-order valence-corrected chi connectivity index (χ1v) is 6.80. The number of aryl methyl sites for hydroxylation is 1. The van der Waals surface area contributed by atoms with Crippen LogP contribution in [0.25, 0.3) is 0 Å². The largest absolute Gasteiger partial charge is 0.493 e. The third-order valence-corrected chi connectivity index (χ3v) is 3.70. The minimum Gasteiger partial charge on any atom is -0.493 e. The lowest BCUT2D eigenvalue weighted by molar-refractivity contribution is 0.220. The van der Waals surface area contributed by atoms with Gasteiger partial charge in [-0.25, -0.2) is 0 Å². The Morgan fingerprint density at radius 2 is 2.00 bits per heavy atom. The van der Waals surface area contributed by atoms with Gasteiger partial charge in [0.15, 0.2) is 0 Å². The summed E-state index contributed by atoms with van der Waals surface area (Å²) in [6.45, 7) is 2.87. The fourth-order valence-corrected chi connectivity index (χ4v) is 2.55. The molecule has 1 unspecified atom stereocenters. The highest BCUT2D eigenvalue weighted by atomic mass is 16.5. The minimum atomic E-state index is -0.558. The summed E-state index contributed by atoms with van der Waals surface area (Å²) in [6.07, 6.45) is 1.36. The van der Waals surface area contributed by atoms with Crippen molar-refractivity contribution in [2.45, 2.75) is 25.9 Å². The summed E-state index contributed by atoms with van der Waals surface area (Å²) in [5, 5.41) is 10.5. The molecule has 0 bridgehead atoms. The zero-order valence-electron chi connectivity index (χ0n) is 11.1. The molecule has 1 N–H and O–H groups in total. The van der Waals surface area contributed by atoms with E-state index in [2.05, 4.69) is 25.1 Å². The van der Waals surface area contributed by atoms with Crippen LogP contribution in [0.1, 0.15) is 35.3 Å². The van der Waals surface area contributed by atoms with Gasteiger partial charge in [0.2, 0.25) is 0 Å². The highest BCUT2D eigenvalue weighted by Gasteiger charge is 2.16. The molecule has 2 aromatic rings. The van der Waals surface area contributed by atoms with Crippen LogP contribution in [-0.2, 0) is 12.8 Å². The van der Waals surface area contributed by atoms with Crippen LogP contribution in [0.4, 0.5) is 0 Å². The molecule has 2 aromatic carbocycles. The molecule has 0 fully saturated rings. The average molecular weight is 254 g/mol. The van der Waals surface area contributed by atoms with Crippen molar-refractivity contribution in [1.82, 2.24) is 0 Å². The van der Waals surface area contributed by atoms with Crippen molar-refractivity contribution >= 4 is 0 Å². The van der Waals surface area contributed by atoms with E-state index in [0.717, 1.165) is 36.3 Å². The second kappa shape index (κ2) is 5.06. The lowest BCUT2D eigenvalue weighted by Crippen LogP contribution is -2.00. The Morgan fingerprint density at radius 1 is 1.16 bits per heavy atom. The number of aliphatic hydroxyl groups is 1. The smallest absolute Gasteiger partial charge is 0.122 e. The van der Waals surface area contributed by atoms with Gasteiger partial charge in [-0.15, -0.1) is 0 Å².